The van der Waals surface area contributed by atoms with Crippen LogP contribution in [0.3, 0.4) is 0 Å². The largest absolute Gasteiger partial charge is 0.451 e. The summed E-state index contributed by atoms with van der Waals surface area (Å²) in [6.07, 6.45) is 0. The topological polar surface area (TPSA) is 21.7 Å². The lowest BCUT2D eigenvalue weighted by Crippen LogP contribution is -2.44. The van der Waals surface area contributed by atoms with Gasteiger partial charge in [0.2, 0.25) is 0 Å². The molecule has 1 atom stereocenters. The number of nitrogens with zero attached hydrogens (tertiary/aromatic N) is 1. The molecule has 0 radical (unpaired) electrons. The van der Waals surface area contributed by atoms with Crippen molar-refractivity contribution in [2.75, 3.05) is 33.5 Å². The van der Waals surface area contributed by atoms with Crippen molar-refractivity contribution in [3.8, 4) is 0 Å². The van der Waals surface area contributed by atoms with Crippen LogP contribution in [0.4, 0.5) is 0 Å². The summed E-state index contributed by atoms with van der Waals surface area (Å²) in [7, 11) is 5.57. The van der Waals surface area contributed by atoms with Gasteiger partial charge in [-0.15, -0.1) is 0 Å². The van der Waals surface area contributed by atoms with E-state index in [2.05, 4.69) is 7.05 Å². The van der Waals surface area contributed by atoms with Crippen molar-refractivity contribution in [3.05, 3.63) is 7.05 Å². The minimum Gasteiger partial charge on any atom is -0.451 e. The van der Waals surface area contributed by atoms with E-state index in [0.29, 0.717) is 12.6 Å². The number of ether oxygens (including phenoxy) is 2. The van der Waals surface area contributed by atoms with Gasteiger partial charge in [-0.2, -0.15) is 0 Å². The van der Waals surface area contributed by atoms with Crippen LogP contribution in [0.1, 0.15) is 0 Å². The molecule has 0 aromatic carbocycles. The molecular formula is C7H14NO2-. The molecular weight excluding hydrogens is 130 g/mol. The average molecular weight is 144 g/mol. The van der Waals surface area contributed by atoms with E-state index in [1.807, 2.05) is 4.90 Å². The van der Waals surface area contributed by atoms with Crippen molar-refractivity contribution in [1.29, 1.82) is 0 Å². The lowest BCUT2D eigenvalue weighted by molar-refractivity contribution is -0.0152. The van der Waals surface area contributed by atoms with E-state index in [-0.39, 0.29) is 0 Å². The third-order valence-corrected chi connectivity index (χ3v) is 1.71. The van der Waals surface area contributed by atoms with Crippen molar-refractivity contribution >= 4 is 0 Å². The minimum absolute atomic E-state index is 0.346. The maximum atomic E-state index is 5.24. The molecule has 60 valence electrons. The zero-order valence-electron chi connectivity index (χ0n) is 6.38. The summed E-state index contributed by atoms with van der Waals surface area (Å²) in [5.74, 6) is 0. The van der Waals surface area contributed by atoms with Crippen molar-refractivity contribution in [2.45, 2.75) is 6.04 Å². The van der Waals surface area contributed by atoms with Crippen LogP contribution in [-0.2, 0) is 9.47 Å². The highest BCUT2D eigenvalue weighted by Crippen LogP contribution is 2.04. The third-order valence-electron chi connectivity index (χ3n) is 1.71. The lowest BCUT2D eigenvalue weighted by atomic mass is 10.2. The van der Waals surface area contributed by atoms with Crippen LogP contribution < -0.4 is 0 Å². The molecule has 10 heavy (non-hydrogen) atoms. The van der Waals surface area contributed by atoms with Crippen LogP contribution in [0.2, 0.25) is 0 Å². The van der Waals surface area contributed by atoms with Crippen molar-refractivity contribution in [1.82, 2.24) is 4.90 Å². The quantitative estimate of drug-likeness (QED) is 0.514. The number of rotatable bonds is 2. The molecule has 1 saturated heterocycles. The van der Waals surface area contributed by atoms with E-state index in [1.165, 1.54) is 0 Å². The Labute approximate surface area is 61.9 Å². The van der Waals surface area contributed by atoms with Gasteiger partial charge in [-0.25, -0.2) is 0 Å². The van der Waals surface area contributed by atoms with Crippen LogP contribution in [0.25, 0.3) is 0 Å². The number of hydrogen-bond acceptors (Lipinski definition) is 3. The first-order valence-electron chi connectivity index (χ1n) is 3.48. The molecule has 1 aliphatic rings. The molecule has 0 aromatic rings. The zero-order chi connectivity index (χ0) is 7.40. The van der Waals surface area contributed by atoms with Crippen molar-refractivity contribution in [2.24, 2.45) is 0 Å². The Morgan fingerprint density at radius 1 is 1.80 bits per heavy atom. The Bertz CT molecular complexity index is 95.6. The Morgan fingerprint density at radius 2 is 2.60 bits per heavy atom. The fourth-order valence-corrected chi connectivity index (χ4v) is 1.04. The first-order valence-corrected chi connectivity index (χ1v) is 3.48. The van der Waals surface area contributed by atoms with Gasteiger partial charge in [-0.05, 0) is 6.54 Å². The highest BCUT2D eigenvalue weighted by molar-refractivity contribution is 4.73. The van der Waals surface area contributed by atoms with E-state index >= 15 is 0 Å². The lowest BCUT2D eigenvalue weighted by Gasteiger charge is -2.38. The first-order chi connectivity index (χ1) is 4.84. The van der Waals surface area contributed by atoms with Crippen molar-refractivity contribution < 1.29 is 9.47 Å². The molecule has 1 aliphatic heterocycles. The number of morpholine rings is 1. The van der Waals surface area contributed by atoms with Gasteiger partial charge >= 0.3 is 0 Å². The molecule has 3 nitrogen and oxygen atoms in total. The summed E-state index contributed by atoms with van der Waals surface area (Å²) in [5.41, 5.74) is 0. The molecule has 3 heteroatoms. The fraction of sp³-hybridized carbons (Fsp3) is 0.857. The van der Waals surface area contributed by atoms with Crippen molar-refractivity contribution in [3.63, 3.8) is 0 Å². The Hall–Kier alpha value is -0.120. The summed E-state index contributed by atoms with van der Waals surface area (Å²) in [6.45, 7) is 3.17. The van der Waals surface area contributed by atoms with E-state index in [9.17, 15) is 0 Å². The smallest absolute Gasteiger partial charge is 0.0621 e. The molecule has 0 unspecified atom stereocenters. The predicted molar refractivity (Wildman–Crippen MR) is 38.5 cm³/mol. The van der Waals surface area contributed by atoms with E-state index < -0.39 is 0 Å². The fourth-order valence-electron chi connectivity index (χ4n) is 1.04. The molecule has 1 fully saturated rings. The highest BCUT2D eigenvalue weighted by atomic mass is 16.5. The van der Waals surface area contributed by atoms with E-state index in [4.69, 9.17) is 9.47 Å². The number of hydrogen-bond donors (Lipinski definition) is 0. The van der Waals surface area contributed by atoms with E-state index in [1.54, 1.807) is 7.11 Å². The van der Waals surface area contributed by atoms with Gasteiger partial charge in [-0.3, -0.25) is 7.05 Å². The molecule has 0 N–H and O–H groups in total. The van der Waals surface area contributed by atoms with Crippen LogP contribution in [0.15, 0.2) is 0 Å². The van der Waals surface area contributed by atoms with Gasteiger partial charge in [-0.1, -0.05) is 0 Å². The first kappa shape index (κ1) is 7.98. The summed E-state index contributed by atoms with van der Waals surface area (Å²) >= 11 is 0. The zero-order valence-corrected chi connectivity index (χ0v) is 6.38. The van der Waals surface area contributed by atoms with Gasteiger partial charge in [0.25, 0.3) is 0 Å². The SMILES string of the molecule is [CH2-]N1CCOC[C@H]1COC. The third kappa shape index (κ3) is 1.94. The standard InChI is InChI=1S/C7H14NO2/c1-8-3-4-10-6-7(8)5-9-2/h7H,1,3-6H2,2H3/q-1/t7-/m1/s1. The second kappa shape index (κ2) is 3.91. The summed E-state index contributed by atoms with van der Waals surface area (Å²) in [5, 5.41) is 0. The van der Waals surface area contributed by atoms with Crippen LogP contribution in [-0.4, -0.2) is 44.4 Å². The van der Waals surface area contributed by atoms with Crippen LogP contribution >= 0.6 is 0 Å². The maximum absolute atomic E-state index is 5.24. The minimum atomic E-state index is 0.346. The Kier molecular flexibility index (Phi) is 3.12. The predicted octanol–water partition coefficient (Wildman–Crippen LogP) is 0.125. The Balaban J connectivity index is 2.25. The monoisotopic (exact) mass is 144 g/mol. The molecule has 0 saturated carbocycles. The second-order valence-electron chi connectivity index (χ2n) is 2.50. The van der Waals surface area contributed by atoms with Gasteiger partial charge in [0.1, 0.15) is 0 Å². The van der Waals surface area contributed by atoms with Gasteiger partial charge < -0.3 is 14.4 Å². The summed E-state index contributed by atoms with van der Waals surface area (Å²) < 4.78 is 10.2. The Morgan fingerprint density at radius 3 is 3.20 bits per heavy atom. The average Bonchev–Trinajstić information content (AvgIpc) is 1.94. The van der Waals surface area contributed by atoms with Gasteiger partial charge in [0.15, 0.2) is 0 Å². The molecule has 1 rings (SSSR count). The molecule has 0 bridgehead atoms. The molecule has 0 aliphatic carbocycles. The maximum Gasteiger partial charge on any atom is 0.0621 e. The van der Waals surface area contributed by atoms with Crippen LogP contribution in [0, 0.1) is 7.05 Å². The molecule has 0 amide bonds. The molecule has 0 spiro atoms. The molecule has 1 heterocycles. The number of methoxy groups -OCH3 is 1. The highest BCUT2D eigenvalue weighted by Gasteiger charge is 2.13. The van der Waals surface area contributed by atoms with Crippen LogP contribution in [0.5, 0.6) is 0 Å². The van der Waals surface area contributed by atoms with Gasteiger partial charge in [0.05, 0.1) is 19.8 Å². The van der Waals surface area contributed by atoms with Gasteiger partial charge in [0, 0.05) is 13.2 Å². The summed E-state index contributed by atoms with van der Waals surface area (Å²) in [6, 6.07) is 0.346. The molecule has 0 aromatic heterocycles. The van der Waals surface area contributed by atoms with E-state index in [0.717, 1.165) is 19.8 Å². The summed E-state index contributed by atoms with van der Waals surface area (Å²) in [4.78, 5) is 2.02. The normalized spacial score (nSPS) is 28.8. The second-order valence-corrected chi connectivity index (χ2v) is 2.50.